The van der Waals surface area contributed by atoms with Crippen LogP contribution < -0.4 is 4.90 Å². The molecule has 0 atom stereocenters. The second kappa shape index (κ2) is 16.7. The molecule has 0 amide bonds. The van der Waals surface area contributed by atoms with Crippen LogP contribution in [0.3, 0.4) is 0 Å². The van der Waals surface area contributed by atoms with Gasteiger partial charge in [0.25, 0.3) is 0 Å². The Morgan fingerprint density at radius 2 is 0.877 bits per heavy atom. The number of hydrogen-bond donors (Lipinski definition) is 0. The molecule has 0 fully saturated rings. The van der Waals surface area contributed by atoms with Gasteiger partial charge in [0, 0.05) is 54.9 Å². The number of para-hydroxylation sites is 1. The van der Waals surface area contributed by atoms with Crippen LogP contribution in [0.5, 0.6) is 0 Å². The lowest BCUT2D eigenvalue weighted by atomic mass is 9.79. The van der Waals surface area contributed by atoms with E-state index in [2.05, 4.69) is 261 Å². The number of benzene rings is 12. The lowest BCUT2D eigenvalue weighted by molar-refractivity contribution is 0.601. The van der Waals surface area contributed by atoms with Crippen molar-refractivity contribution in [1.29, 1.82) is 0 Å². The molecule has 0 aliphatic carbocycles. The number of imidazole rings is 1. The van der Waals surface area contributed by atoms with Crippen molar-refractivity contribution in [2.75, 3.05) is 4.90 Å². The molecular formula is C69H49N3O. The minimum Gasteiger partial charge on any atom is -0.456 e. The van der Waals surface area contributed by atoms with Gasteiger partial charge in [-0.2, -0.15) is 0 Å². The van der Waals surface area contributed by atoms with Crippen LogP contribution in [0.25, 0.3) is 115 Å². The predicted octanol–water partition coefficient (Wildman–Crippen LogP) is 19.3. The Hall–Kier alpha value is -9.25. The summed E-state index contributed by atoms with van der Waals surface area (Å²) in [4.78, 5) is 8.11. The highest BCUT2D eigenvalue weighted by Gasteiger charge is 2.27. The molecule has 0 saturated heterocycles. The van der Waals surface area contributed by atoms with Crippen molar-refractivity contribution < 1.29 is 4.42 Å². The summed E-state index contributed by atoms with van der Waals surface area (Å²) in [6.07, 6.45) is 0. The van der Waals surface area contributed by atoms with Crippen molar-refractivity contribution in [3.8, 4) is 39.3 Å². The first-order chi connectivity index (χ1) is 35.9. The molecule has 0 bridgehead atoms. The predicted molar refractivity (Wildman–Crippen MR) is 308 cm³/mol. The summed E-state index contributed by atoms with van der Waals surface area (Å²) in [7, 11) is 0. The highest BCUT2D eigenvalue weighted by Crippen LogP contribution is 2.49. The van der Waals surface area contributed by atoms with E-state index < -0.39 is 0 Å². The Balaban J connectivity index is 0.991. The van der Waals surface area contributed by atoms with E-state index >= 15 is 0 Å². The Bertz CT molecular complexity index is 4400. The quantitative estimate of drug-likeness (QED) is 0.118. The molecule has 0 spiro atoms. The highest BCUT2D eigenvalue weighted by atomic mass is 16.3. The molecule has 0 aliphatic rings. The molecule has 12 aromatic carbocycles. The first-order valence-corrected chi connectivity index (χ1v) is 25.2. The molecule has 4 heteroatoms. The minimum atomic E-state index is -0.108. The molecule has 14 rings (SSSR count). The second-order valence-corrected chi connectivity index (χ2v) is 20.3. The van der Waals surface area contributed by atoms with Gasteiger partial charge < -0.3 is 9.32 Å². The molecule has 0 N–H and O–H groups in total. The number of anilines is 3. The van der Waals surface area contributed by atoms with Crippen molar-refractivity contribution in [2.24, 2.45) is 0 Å². The van der Waals surface area contributed by atoms with Crippen molar-refractivity contribution in [2.45, 2.75) is 26.2 Å². The van der Waals surface area contributed by atoms with Crippen LogP contribution in [-0.4, -0.2) is 9.55 Å². The summed E-state index contributed by atoms with van der Waals surface area (Å²) in [6.45, 7) is 6.99. The van der Waals surface area contributed by atoms with Crippen LogP contribution in [0.2, 0.25) is 0 Å². The zero-order chi connectivity index (χ0) is 48.8. The summed E-state index contributed by atoms with van der Waals surface area (Å²) in [5, 5.41) is 11.9. The number of hydrogen-bond acceptors (Lipinski definition) is 3. The molecule has 0 saturated carbocycles. The van der Waals surface area contributed by atoms with Gasteiger partial charge in [-0.15, -0.1) is 0 Å². The Kier molecular flexibility index (Phi) is 9.74. The lowest BCUT2D eigenvalue weighted by Gasteiger charge is -2.32. The lowest BCUT2D eigenvalue weighted by Crippen LogP contribution is -2.16. The molecule has 0 aliphatic heterocycles. The van der Waals surface area contributed by atoms with E-state index in [9.17, 15) is 0 Å². The van der Waals surface area contributed by atoms with Gasteiger partial charge >= 0.3 is 0 Å². The minimum absolute atomic E-state index is 0.108. The number of furan rings is 1. The van der Waals surface area contributed by atoms with E-state index in [1.807, 2.05) is 12.1 Å². The summed E-state index contributed by atoms with van der Waals surface area (Å²) in [5.41, 5.74) is 15.0. The monoisotopic (exact) mass is 935 g/mol. The van der Waals surface area contributed by atoms with Crippen LogP contribution in [0.15, 0.2) is 247 Å². The molecule has 0 radical (unpaired) electrons. The normalized spacial score (nSPS) is 12.0. The first-order valence-electron chi connectivity index (χ1n) is 25.2. The number of aromatic nitrogens is 2. The van der Waals surface area contributed by atoms with Gasteiger partial charge in [0.2, 0.25) is 0 Å². The maximum Gasteiger partial charge on any atom is 0.145 e. The van der Waals surface area contributed by atoms with Gasteiger partial charge in [-0.1, -0.05) is 197 Å². The fraction of sp³-hybridized carbons (Fsp3) is 0.0580. The zero-order valence-electron chi connectivity index (χ0n) is 40.8. The number of rotatable bonds is 7. The average Bonchev–Trinajstić information content (AvgIpc) is 4.03. The zero-order valence-corrected chi connectivity index (χ0v) is 40.8. The molecule has 2 heterocycles. The molecule has 0 unspecified atom stereocenters. The Labute approximate surface area is 423 Å². The first kappa shape index (κ1) is 42.6. The number of nitrogens with zero attached hydrogens (tertiary/aromatic N) is 3. The maximum absolute atomic E-state index is 6.42. The van der Waals surface area contributed by atoms with Crippen molar-refractivity contribution in [3.05, 3.63) is 248 Å². The fourth-order valence-corrected chi connectivity index (χ4v) is 11.6. The van der Waals surface area contributed by atoms with Gasteiger partial charge in [0.15, 0.2) is 0 Å². The van der Waals surface area contributed by atoms with Crippen LogP contribution in [0.1, 0.15) is 26.3 Å². The van der Waals surface area contributed by atoms with Crippen molar-refractivity contribution >= 4 is 93.1 Å². The van der Waals surface area contributed by atoms with E-state index in [1.54, 1.807) is 0 Å². The molecule has 346 valence electrons. The third-order valence-electron chi connectivity index (χ3n) is 14.8. The molecule has 73 heavy (non-hydrogen) atoms. The van der Waals surface area contributed by atoms with E-state index in [0.29, 0.717) is 0 Å². The van der Waals surface area contributed by atoms with Gasteiger partial charge in [-0.25, -0.2) is 4.98 Å². The molecule has 2 aromatic heterocycles. The van der Waals surface area contributed by atoms with Gasteiger partial charge in [-0.05, 0) is 122 Å². The summed E-state index contributed by atoms with van der Waals surface area (Å²) in [5.74, 6) is 0.885. The second-order valence-electron chi connectivity index (χ2n) is 20.3. The molecule has 4 nitrogen and oxygen atoms in total. The Morgan fingerprint density at radius 1 is 0.370 bits per heavy atom. The third kappa shape index (κ3) is 6.93. The summed E-state index contributed by atoms with van der Waals surface area (Å²) >= 11 is 0. The van der Waals surface area contributed by atoms with Crippen molar-refractivity contribution in [3.63, 3.8) is 0 Å². The van der Waals surface area contributed by atoms with E-state index in [4.69, 9.17) is 9.40 Å². The third-order valence-corrected chi connectivity index (χ3v) is 14.8. The smallest absolute Gasteiger partial charge is 0.145 e. The van der Waals surface area contributed by atoms with Crippen LogP contribution in [0.4, 0.5) is 17.1 Å². The van der Waals surface area contributed by atoms with Crippen LogP contribution >= 0.6 is 0 Å². The van der Waals surface area contributed by atoms with E-state index in [1.165, 1.54) is 54.4 Å². The average molecular weight is 936 g/mol. The fourth-order valence-electron chi connectivity index (χ4n) is 11.6. The molecular weight excluding hydrogens is 887 g/mol. The van der Waals surface area contributed by atoms with E-state index in [0.717, 1.165) is 83.6 Å². The van der Waals surface area contributed by atoms with Gasteiger partial charge in [0.1, 0.15) is 17.0 Å². The summed E-state index contributed by atoms with van der Waals surface area (Å²) in [6, 6.07) is 87.8. The van der Waals surface area contributed by atoms with Crippen molar-refractivity contribution in [1.82, 2.24) is 9.55 Å². The topological polar surface area (TPSA) is 34.2 Å². The van der Waals surface area contributed by atoms with Gasteiger partial charge in [0.05, 0.1) is 16.7 Å². The van der Waals surface area contributed by atoms with Gasteiger partial charge in [-0.3, -0.25) is 4.57 Å². The SMILES string of the molecule is CC(C)(C)c1c2ccccc2c(N(c2ccc(-c3nc4c5ccccc5c5ccccc5c4n3-c3ccc(-c4ccccc4)cc3)cc2)c2cccc(-c3ccc4c(c3)oc3ccccc34)c2)c2ccccc12. The Morgan fingerprint density at radius 3 is 1.56 bits per heavy atom. The summed E-state index contributed by atoms with van der Waals surface area (Å²) < 4.78 is 8.79. The van der Waals surface area contributed by atoms with E-state index in [-0.39, 0.29) is 5.41 Å². The largest absolute Gasteiger partial charge is 0.456 e. The standard InChI is InChI=1S/C69H49N3O/c1-69(2,3)64-56-25-9-13-29-60(56)66(61-30-14-10-26-57(61)64)71(51-21-17-20-47(42-51)48-36-41-55-54-24-15-16-31-62(54)73-63(55)43-48)49-39-34-46(35-40-49)68-70-65-58-27-11-7-22-52(58)53-23-8-12-28-59(53)67(65)72(68)50-37-32-45(33-38-50)44-18-5-4-6-19-44/h4-43H,1-3H3. The van der Waals surface area contributed by atoms with Crippen LogP contribution in [0, 0.1) is 0 Å². The highest BCUT2D eigenvalue weighted by molar-refractivity contribution is 6.24. The van der Waals surface area contributed by atoms with Crippen LogP contribution in [-0.2, 0) is 5.41 Å². The maximum atomic E-state index is 6.42. The molecule has 14 aromatic rings. The number of fused-ring (bicyclic) bond motifs is 11.